The smallest absolute Gasteiger partial charge is 0.353 e. The number of hydrogen-bond acceptors (Lipinski definition) is 15. The maximum absolute atomic E-state index is 16.1. The van der Waals surface area contributed by atoms with Crippen molar-refractivity contribution in [2.24, 2.45) is 11.1 Å². The largest absolute Gasteiger partial charge is 0.477 e. The Morgan fingerprint density at radius 3 is 2.46 bits per heavy atom. The predicted octanol–water partition coefficient (Wildman–Crippen LogP) is 4.05. The molecular formula is C41H46ClFN8O10S2. The van der Waals surface area contributed by atoms with Gasteiger partial charge in [-0.25, -0.2) is 23.8 Å². The Hall–Kier alpha value is -5.25. The highest BCUT2D eigenvalue weighted by molar-refractivity contribution is 8.00. The quantitative estimate of drug-likeness (QED) is 0.0868. The van der Waals surface area contributed by atoms with Crippen LogP contribution in [0, 0.1) is 11.7 Å². The number of likely N-dealkylation sites (tertiary alicyclic amines) is 1. The van der Waals surface area contributed by atoms with E-state index in [0.29, 0.717) is 30.7 Å². The molecule has 22 heteroatoms. The number of β-lactam (4-membered cyclic amide) rings is 1. The van der Waals surface area contributed by atoms with Gasteiger partial charge in [-0.05, 0) is 84.4 Å². The topological polar surface area (TPSA) is 239 Å². The summed E-state index contributed by atoms with van der Waals surface area (Å²) in [7, 11) is 0. The first kappa shape index (κ1) is 44.4. The maximum Gasteiger partial charge on any atom is 0.353 e. The van der Waals surface area contributed by atoms with Gasteiger partial charge in [-0.15, -0.1) is 23.1 Å². The number of pyridine rings is 1. The molecule has 8 rings (SSSR count). The molecule has 63 heavy (non-hydrogen) atoms. The van der Waals surface area contributed by atoms with E-state index in [4.69, 9.17) is 26.9 Å². The van der Waals surface area contributed by atoms with Crippen molar-refractivity contribution in [2.45, 2.75) is 95.0 Å². The zero-order valence-corrected chi connectivity index (χ0v) is 37.4. The summed E-state index contributed by atoms with van der Waals surface area (Å²) in [6.07, 6.45) is 4.44. The van der Waals surface area contributed by atoms with E-state index in [1.165, 1.54) is 42.1 Å². The molecule has 1 saturated carbocycles. The van der Waals surface area contributed by atoms with Crippen molar-refractivity contribution in [1.82, 2.24) is 24.7 Å². The van der Waals surface area contributed by atoms with Crippen molar-refractivity contribution >= 4 is 91.9 Å². The van der Waals surface area contributed by atoms with Crippen LogP contribution in [0.15, 0.2) is 38.9 Å². The summed E-state index contributed by atoms with van der Waals surface area (Å²) in [5.74, 6) is -5.39. The first-order valence-corrected chi connectivity index (χ1v) is 22.7. The number of carbonyl (C=O) groups is 5. The Morgan fingerprint density at radius 2 is 1.83 bits per heavy atom. The third-order valence-corrected chi connectivity index (χ3v) is 14.1. The Labute approximate surface area is 373 Å². The van der Waals surface area contributed by atoms with Crippen molar-refractivity contribution in [3.63, 3.8) is 0 Å². The first-order valence-electron chi connectivity index (χ1n) is 20.4. The summed E-state index contributed by atoms with van der Waals surface area (Å²) in [5.41, 5.74) is 2.57. The zero-order valence-electron chi connectivity index (χ0n) is 35.0. The number of carboxylic acid groups (broad SMARTS) is 2. The summed E-state index contributed by atoms with van der Waals surface area (Å²) in [6.45, 7) is 9.54. The van der Waals surface area contributed by atoms with Crippen molar-refractivity contribution in [3.8, 4) is 0 Å². The highest BCUT2D eigenvalue weighted by atomic mass is 35.5. The summed E-state index contributed by atoms with van der Waals surface area (Å²) in [5, 5.41) is 27.6. The Morgan fingerprint density at radius 1 is 1.10 bits per heavy atom. The minimum Gasteiger partial charge on any atom is -0.477 e. The molecule has 0 spiro atoms. The molecule has 1 aliphatic carbocycles. The molecule has 4 atom stereocenters. The van der Waals surface area contributed by atoms with Crippen LogP contribution < -0.4 is 21.4 Å². The Bertz CT molecular complexity index is 2590. The van der Waals surface area contributed by atoms with Crippen LogP contribution >= 0.6 is 34.7 Å². The number of nitrogens with one attached hydrogen (secondary N) is 1. The van der Waals surface area contributed by atoms with Crippen LogP contribution in [0.5, 0.6) is 0 Å². The third-order valence-electron chi connectivity index (χ3n) is 11.7. The van der Waals surface area contributed by atoms with E-state index >= 15 is 4.39 Å². The first-order chi connectivity index (χ1) is 29.6. The van der Waals surface area contributed by atoms with E-state index in [1.807, 2.05) is 4.90 Å². The van der Waals surface area contributed by atoms with Crippen LogP contribution in [0.4, 0.5) is 15.2 Å². The monoisotopic (exact) mass is 928 g/mol. The molecule has 2 amide bonds. The number of benzene rings is 1. The minimum absolute atomic E-state index is 0.0333. The van der Waals surface area contributed by atoms with E-state index < -0.39 is 69.1 Å². The number of hydrogen-bond donors (Lipinski definition) is 4. The molecule has 2 aromatic heterocycles. The fraction of sp³-hybridized carbons (Fsp3) is 0.512. The van der Waals surface area contributed by atoms with Gasteiger partial charge in [-0.1, -0.05) is 16.8 Å². The minimum atomic E-state index is -1.62. The number of carbonyl (C=O) groups excluding carboxylic acids is 3. The normalized spacial score (nSPS) is 23.0. The van der Waals surface area contributed by atoms with Gasteiger partial charge in [0.15, 0.2) is 10.8 Å². The number of thiazole rings is 1. The molecule has 4 aliphatic heterocycles. The molecule has 4 fully saturated rings. The number of amides is 2. The number of ether oxygens (including phenoxy) is 1. The van der Waals surface area contributed by atoms with E-state index in [0.717, 1.165) is 43.1 Å². The maximum atomic E-state index is 16.1. The fourth-order valence-corrected chi connectivity index (χ4v) is 10.9. The zero-order chi connectivity index (χ0) is 45.4. The number of rotatable bonds is 12. The Balaban J connectivity index is 1.00. The number of oxime groups is 1. The van der Waals surface area contributed by atoms with E-state index in [-0.39, 0.29) is 68.6 Å². The standard InChI is InChI=1S/C41H46ClFN8O10S2/c1-40(2,3)60-38(59)41(4,5)61-47-27(24-17-63-39(44)45-24)33(53)46-28-34(54)51-29(37(57)58)19(16-62-35(28)51)13-48-10-6-7-18-12-49(15-25(18)48)31-23(43)11-21-30(26(31)42)50(20-8-9-20)14-22(32(21)52)36(55)56/h11,14,17-18,20,25,28,35H,6-10,12-13,15-16H2,1-5H3,(H2,44,45)(H,46,53)(H,55,56)(H,57,58)/t18-,25+,28+,35+/m0/s1. The number of halogens is 2. The van der Waals surface area contributed by atoms with Gasteiger partial charge in [0.05, 0.1) is 21.6 Å². The molecule has 0 radical (unpaired) electrons. The molecule has 336 valence electrons. The number of nitrogens with zero attached hydrogens (tertiary/aromatic N) is 6. The average molecular weight is 929 g/mol. The van der Waals surface area contributed by atoms with Crippen molar-refractivity contribution in [1.29, 1.82) is 0 Å². The lowest BCUT2D eigenvalue weighted by Crippen LogP contribution is -2.71. The van der Waals surface area contributed by atoms with E-state index in [1.54, 1.807) is 25.3 Å². The number of piperidine rings is 1. The second-order valence-electron chi connectivity index (χ2n) is 17.8. The molecule has 18 nitrogen and oxygen atoms in total. The van der Waals surface area contributed by atoms with Gasteiger partial charge in [0.1, 0.15) is 39.8 Å². The Kier molecular flexibility index (Phi) is 11.5. The van der Waals surface area contributed by atoms with Gasteiger partial charge in [-0.2, -0.15) is 0 Å². The van der Waals surface area contributed by atoms with Crippen LogP contribution in [-0.2, 0) is 28.8 Å². The number of anilines is 2. The summed E-state index contributed by atoms with van der Waals surface area (Å²) >= 11 is 9.31. The number of carboxylic acids is 2. The summed E-state index contributed by atoms with van der Waals surface area (Å²) in [6, 6.07) is -0.246. The van der Waals surface area contributed by atoms with E-state index in [9.17, 15) is 39.0 Å². The van der Waals surface area contributed by atoms with Crippen LogP contribution in [0.1, 0.15) is 82.4 Å². The molecule has 0 unspecified atom stereocenters. The molecule has 3 aromatic rings. The van der Waals surface area contributed by atoms with Gasteiger partial charge >= 0.3 is 17.9 Å². The highest BCUT2D eigenvalue weighted by Crippen LogP contribution is 2.45. The molecule has 0 bridgehead atoms. The molecular weight excluding hydrogens is 883 g/mol. The second-order valence-corrected chi connectivity index (χ2v) is 20.2. The van der Waals surface area contributed by atoms with Gasteiger partial charge in [0, 0.05) is 49.0 Å². The SMILES string of the molecule is CC(C)(C)OC(=O)C(C)(C)ON=C(C(=O)N[C@@H]1C(=O)N2C(C(=O)O)=C(CN3CCC[C@H]4CN(c5c(F)cc6c(=O)c(C(=O)O)cn(C7CC7)c6c5Cl)C[C@H]43)CS[C@H]12)c1csc(N)n1. The second kappa shape index (κ2) is 16.4. The lowest BCUT2D eigenvalue weighted by molar-refractivity contribution is -0.179. The number of esters is 1. The number of aromatic nitrogens is 2. The number of aromatic carboxylic acids is 1. The van der Waals surface area contributed by atoms with Crippen LogP contribution in [-0.4, -0.2) is 126 Å². The van der Waals surface area contributed by atoms with Crippen molar-refractivity contribution in [3.05, 3.63) is 61.2 Å². The lowest BCUT2D eigenvalue weighted by atomic mass is 9.91. The molecule has 1 aromatic carbocycles. The number of fused-ring (bicyclic) bond motifs is 3. The van der Waals surface area contributed by atoms with Gasteiger partial charge in [0.25, 0.3) is 11.8 Å². The molecule has 6 heterocycles. The number of aliphatic carboxylic acids is 1. The van der Waals surface area contributed by atoms with Crippen LogP contribution in [0.25, 0.3) is 10.9 Å². The fourth-order valence-electron chi connectivity index (χ4n) is 8.63. The van der Waals surface area contributed by atoms with Gasteiger partial charge < -0.3 is 40.3 Å². The summed E-state index contributed by atoms with van der Waals surface area (Å²) in [4.78, 5) is 93.2. The predicted molar refractivity (Wildman–Crippen MR) is 232 cm³/mol. The van der Waals surface area contributed by atoms with Crippen molar-refractivity contribution in [2.75, 3.05) is 42.6 Å². The molecule has 3 saturated heterocycles. The number of nitrogen functional groups attached to an aromatic ring is 1. The van der Waals surface area contributed by atoms with Crippen LogP contribution in [0.3, 0.4) is 0 Å². The molecule has 5 aliphatic rings. The third kappa shape index (κ3) is 8.35. The number of nitrogens with two attached hydrogens (primary N) is 1. The van der Waals surface area contributed by atoms with E-state index in [2.05, 4.69) is 20.4 Å². The van der Waals surface area contributed by atoms with Crippen LogP contribution in [0.2, 0.25) is 5.02 Å². The van der Waals surface area contributed by atoms with Crippen molar-refractivity contribution < 1.29 is 48.2 Å². The average Bonchev–Trinajstić information content (AvgIpc) is 3.82. The van der Waals surface area contributed by atoms with Gasteiger partial charge in [0.2, 0.25) is 11.0 Å². The van der Waals surface area contributed by atoms with Gasteiger partial charge in [-0.3, -0.25) is 24.2 Å². The molecule has 5 N–H and O–H groups in total. The number of thioether (sulfide) groups is 1. The summed E-state index contributed by atoms with van der Waals surface area (Å²) < 4.78 is 23.2. The lowest BCUT2D eigenvalue weighted by Gasteiger charge is -2.50. The highest BCUT2D eigenvalue weighted by Gasteiger charge is 2.55.